The van der Waals surface area contributed by atoms with Gasteiger partial charge in [-0.05, 0) is 45.8 Å². The molecule has 0 saturated heterocycles. The van der Waals surface area contributed by atoms with Crippen molar-refractivity contribution in [3.63, 3.8) is 0 Å². The van der Waals surface area contributed by atoms with Crippen LogP contribution in [0.25, 0.3) is 0 Å². The molecule has 0 aliphatic carbocycles. The van der Waals surface area contributed by atoms with E-state index in [9.17, 15) is 15.0 Å². The SMILES string of the molecule is O=C(N/N=C/c1cc(O)c(O)c(Br)c1)c1cccnc1. The number of carbonyl (C=O) groups is 1. The van der Waals surface area contributed by atoms with Gasteiger partial charge in [0.15, 0.2) is 11.5 Å². The smallest absolute Gasteiger partial charge is 0.272 e. The van der Waals surface area contributed by atoms with Gasteiger partial charge in [0.25, 0.3) is 5.91 Å². The maximum atomic E-state index is 11.7. The molecule has 6 nitrogen and oxygen atoms in total. The molecular formula is C13H10BrN3O3. The Labute approximate surface area is 122 Å². The molecule has 1 heterocycles. The Hall–Kier alpha value is -2.41. The van der Waals surface area contributed by atoms with Crippen LogP contribution in [0.2, 0.25) is 0 Å². The van der Waals surface area contributed by atoms with E-state index >= 15 is 0 Å². The molecule has 20 heavy (non-hydrogen) atoms. The molecule has 102 valence electrons. The fourth-order valence-corrected chi connectivity index (χ4v) is 1.87. The number of hydrazone groups is 1. The number of pyridine rings is 1. The predicted molar refractivity (Wildman–Crippen MR) is 76.8 cm³/mol. The van der Waals surface area contributed by atoms with Gasteiger partial charge in [-0.3, -0.25) is 9.78 Å². The summed E-state index contributed by atoms with van der Waals surface area (Å²) in [6.45, 7) is 0. The van der Waals surface area contributed by atoms with Crippen molar-refractivity contribution in [2.24, 2.45) is 5.10 Å². The molecule has 0 atom stereocenters. The van der Waals surface area contributed by atoms with Crippen LogP contribution >= 0.6 is 15.9 Å². The maximum Gasteiger partial charge on any atom is 0.272 e. The quantitative estimate of drug-likeness (QED) is 0.454. The first kappa shape index (κ1) is 14.0. The van der Waals surface area contributed by atoms with Gasteiger partial charge in [0, 0.05) is 12.4 Å². The molecule has 1 aromatic carbocycles. The summed E-state index contributed by atoms with van der Waals surface area (Å²) < 4.78 is 0.331. The largest absolute Gasteiger partial charge is 0.504 e. The van der Waals surface area contributed by atoms with Crippen LogP contribution in [0.4, 0.5) is 0 Å². The molecule has 2 aromatic rings. The second-order valence-corrected chi connectivity index (χ2v) is 4.67. The van der Waals surface area contributed by atoms with E-state index in [4.69, 9.17) is 0 Å². The standard InChI is InChI=1S/C13H10BrN3O3/c14-10-4-8(5-11(18)12(10)19)6-16-17-13(20)9-2-1-3-15-7-9/h1-7,18-19H,(H,17,20)/b16-6+. The molecule has 0 aliphatic rings. The van der Waals surface area contributed by atoms with Crippen LogP contribution in [-0.2, 0) is 0 Å². The number of halogens is 1. The van der Waals surface area contributed by atoms with Gasteiger partial charge in [-0.2, -0.15) is 5.10 Å². The summed E-state index contributed by atoms with van der Waals surface area (Å²) in [6, 6.07) is 6.13. The van der Waals surface area contributed by atoms with Gasteiger partial charge < -0.3 is 10.2 Å². The van der Waals surface area contributed by atoms with Crippen LogP contribution in [-0.4, -0.2) is 27.3 Å². The lowest BCUT2D eigenvalue weighted by Gasteiger charge is -2.02. The number of hydrogen-bond acceptors (Lipinski definition) is 5. The fourth-order valence-electron chi connectivity index (χ4n) is 1.41. The van der Waals surface area contributed by atoms with E-state index in [1.165, 1.54) is 18.5 Å². The number of rotatable bonds is 3. The summed E-state index contributed by atoms with van der Waals surface area (Å²) in [5.74, 6) is -0.919. The third-order valence-electron chi connectivity index (χ3n) is 2.37. The number of benzene rings is 1. The zero-order valence-electron chi connectivity index (χ0n) is 10.1. The highest BCUT2D eigenvalue weighted by Crippen LogP contribution is 2.33. The predicted octanol–water partition coefficient (Wildman–Crippen LogP) is 2.02. The number of phenolic OH excluding ortho intramolecular Hbond substituents is 2. The first-order valence-electron chi connectivity index (χ1n) is 5.53. The highest BCUT2D eigenvalue weighted by Gasteiger charge is 2.06. The molecular weight excluding hydrogens is 326 g/mol. The topological polar surface area (TPSA) is 94.8 Å². The minimum absolute atomic E-state index is 0.249. The summed E-state index contributed by atoms with van der Waals surface area (Å²) in [5.41, 5.74) is 3.23. The molecule has 2 rings (SSSR count). The van der Waals surface area contributed by atoms with Crippen molar-refractivity contribution in [1.29, 1.82) is 0 Å². The van der Waals surface area contributed by atoms with Crippen LogP contribution in [0, 0.1) is 0 Å². The fraction of sp³-hybridized carbons (Fsp3) is 0. The molecule has 0 aliphatic heterocycles. The highest BCUT2D eigenvalue weighted by atomic mass is 79.9. The monoisotopic (exact) mass is 335 g/mol. The van der Waals surface area contributed by atoms with Crippen LogP contribution in [0.5, 0.6) is 11.5 Å². The van der Waals surface area contributed by atoms with E-state index in [0.717, 1.165) is 0 Å². The number of hydrogen-bond donors (Lipinski definition) is 3. The van der Waals surface area contributed by atoms with Crippen molar-refractivity contribution in [1.82, 2.24) is 10.4 Å². The number of aromatic hydroxyl groups is 2. The Morgan fingerprint density at radius 3 is 2.85 bits per heavy atom. The summed E-state index contributed by atoms with van der Waals surface area (Å²) in [4.78, 5) is 15.5. The average Bonchev–Trinajstić information content (AvgIpc) is 2.45. The lowest BCUT2D eigenvalue weighted by Crippen LogP contribution is -2.17. The number of carbonyl (C=O) groups excluding carboxylic acids is 1. The van der Waals surface area contributed by atoms with Gasteiger partial charge in [-0.25, -0.2) is 5.43 Å². The summed E-state index contributed by atoms with van der Waals surface area (Å²) in [5, 5.41) is 22.6. The molecule has 0 bridgehead atoms. The second-order valence-electron chi connectivity index (χ2n) is 3.81. The van der Waals surface area contributed by atoms with Gasteiger partial charge in [-0.1, -0.05) is 0 Å². The Balaban J connectivity index is 2.06. The molecule has 0 saturated carbocycles. The number of phenols is 2. The van der Waals surface area contributed by atoms with E-state index < -0.39 is 5.91 Å². The van der Waals surface area contributed by atoms with E-state index in [2.05, 4.69) is 31.4 Å². The molecule has 0 radical (unpaired) electrons. The van der Waals surface area contributed by atoms with Crippen LogP contribution in [0.1, 0.15) is 15.9 Å². The van der Waals surface area contributed by atoms with Crippen LogP contribution in [0.3, 0.4) is 0 Å². The third kappa shape index (κ3) is 3.33. The first-order valence-corrected chi connectivity index (χ1v) is 6.32. The Morgan fingerprint density at radius 1 is 1.40 bits per heavy atom. The van der Waals surface area contributed by atoms with Crippen molar-refractivity contribution in [3.8, 4) is 11.5 Å². The van der Waals surface area contributed by atoms with E-state index in [1.54, 1.807) is 24.4 Å². The second kappa shape index (κ2) is 6.16. The normalized spacial score (nSPS) is 10.7. The van der Waals surface area contributed by atoms with E-state index in [-0.39, 0.29) is 11.5 Å². The number of amides is 1. The molecule has 0 spiro atoms. The number of nitrogens with zero attached hydrogens (tertiary/aromatic N) is 2. The first-order chi connectivity index (χ1) is 9.58. The Morgan fingerprint density at radius 2 is 2.20 bits per heavy atom. The molecule has 7 heteroatoms. The minimum Gasteiger partial charge on any atom is -0.504 e. The van der Waals surface area contributed by atoms with Crippen molar-refractivity contribution >= 4 is 28.1 Å². The van der Waals surface area contributed by atoms with Gasteiger partial charge >= 0.3 is 0 Å². The maximum absolute atomic E-state index is 11.7. The van der Waals surface area contributed by atoms with E-state index in [0.29, 0.717) is 15.6 Å². The van der Waals surface area contributed by atoms with Gasteiger partial charge in [0.2, 0.25) is 0 Å². The zero-order valence-corrected chi connectivity index (χ0v) is 11.7. The van der Waals surface area contributed by atoms with E-state index in [1.807, 2.05) is 0 Å². The number of nitrogens with one attached hydrogen (secondary N) is 1. The summed E-state index contributed by atoms with van der Waals surface area (Å²) >= 11 is 3.09. The van der Waals surface area contributed by atoms with Crippen LogP contribution < -0.4 is 5.43 Å². The summed E-state index contributed by atoms with van der Waals surface area (Å²) in [6.07, 6.45) is 4.34. The van der Waals surface area contributed by atoms with Gasteiger partial charge in [-0.15, -0.1) is 0 Å². The highest BCUT2D eigenvalue weighted by molar-refractivity contribution is 9.10. The molecule has 1 aromatic heterocycles. The molecule has 1 amide bonds. The minimum atomic E-state index is -0.392. The molecule has 0 fully saturated rings. The molecule has 0 unspecified atom stereocenters. The van der Waals surface area contributed by atoms with Crippen molar-refractivity contribution < 1.29 is 15.0 Å². The van der Waals surface area contributed by atoms with Gasteiger partial charge in [0.1, 0.15) is 0 Å². The lowest BCUT2D eigenvalue weighted by atomic mass is 10.2. The van der Waals surface area contributed by atoms with Crippen molar-refractivity contribution in [2.75, 3.05) is 0 Å². The average molecular weight is 336 g/mol. The Kier molecular flexibility index (Phi) is 4.31. The van der Waals surface area contributed by atoms with Crippen LogP contribution in [0.15, 0.2) is 46.2 Å². The zero-order chi connectivity index (χ0) is 14.5. The number of aromatic nitrogens is 1. The lowest BCUT2D eigenvalue weighted by molar-refractivity contribution is 0.0955. The summed E-state index contributed by atoms with van der Waals surface area (Å²) in [7, 11) is 0. The third-order valence-corrected chi connectivity index (χ3v) is 2.97. The van der Waals surface area contributed by atoms with Gasteiger partial charge in [0.05, 0.1) is 16.3 Å². The van der Waals surface area contributed by atoms with Crippen molar-refractivity contribution in [3.05, 3.63) is 52.3 Å². The van der Waals surface area contributed by atoms with Crippen molar-refractivity contribution in [2.45, 2.75) is 0 Å². The Bertz CT molecular complexity index is 636. The molecule has 3 N–H and O–H groups in total.